The van der Waals surface area contributed by atoms with Crippen molar-refractivity contribution in [3.05, 3.63) is 0 Å². The Morgan fingerprint density at radius 1 is 1.75 bits per heavy atom. The van der Waals surface area contributed by atoms with Gasteiger partial charge in [-0.3, -0.25) is 0 Å². The molecular formula is C5H10FNO. The standard InChI is InChI=1S/C5H10FNO/c1-2-5(8-6)3-7-4-5/h7H,2-4H2,1H3. The van der Waals surface area contributed by atoms with Gasteiger partial charge >= 0.3 is 0 Å². The van der Waals surface area contributed by atoms with E-state index < -0.39 is 5.60 Å². The zero-order valence-corrected chi connectivity index (χ0v) is 4.91. The van der Waals surface area contributed by atoms with Crippen molar-refractivity contribution in [2.24, 2.45) is 0 Å². The van der Waals surface area contributed by atoms with E-state index in [4.69, 9.17) is 0 Å². The van der Waals surface area contributed by atoms with Gasteiger partial charge in [0.25, 0.3) is 0 Å². The van der Waals surface area contributed by atoms with E-state index >= 15 is 0 Å². The summed E-state index contributed by atoms with van der Waals surface area (Å²) in [6, 6.07) is 0. The van der Waals surface area contributed by atoms with Crippen molar-refractivity contribution < 1.29 is 9.47 Å². The van der Waals surface area contributed by atoms with Crippen molar-refractivity contribution in [3.63, 3.8) is 0 Å². The molecule has 0 saturated carbocycles. The molecule has 0 unspecified atom stereocenters. The van der Waals surface area contributed by atoms with Crippen molar-refractivity contribution in [3.8, 4) is 0 Å². The molecule has 0 radical (unpaired) electrons. The Labute approximate surface area is 47.9 Å². The van der Waals surface area contributed by atoms with Crippen molar-refractivity contribution in [1.82, 2.24) is 5.32 Å². The molecule has 3 heteroatoms. The molecular weight excluding hydrogens is 109 g/mol. The van der Waals surface area contributed by atoms with Gasteiger partial charge in [-0.05, 0) is 10.9 Å². The van der Waals surface area contributed by atoms with Crippen LogP contribution in [0.1, 0.15) is 13.3 Å². The Morgan fingerprint density at radius 3 is 2.38 bits per heavy atom. The molecule has 1 aliphatic heterocycles. The first kappa shape index (κ1) is 5.98. The first-order chi connectivity index (χ1) is 3.83. The quantitative estimate of drug-likeness (QED) is 0.576. The second-order valence-electron chi connectivity index (χ2n) is 2.22. The first-order valence-electron chi connectivity index (χ1n) is 2.83. The third kappa shape index (κ3) is 0.717. The van der Waals surface area contributed by atoms with E-state index in [1.807, 2.05) is 6.92 Å². The molecule has 0 bridgehead atoms. The maximum absolute atomic E-state index is 11.6. The van der Waals surface area contributed by atoms with Gasteiger partial charge in [-0.1, -0.05) is 6.92 Å². The number of nitrogens with one attached hydrogen (secondary N) is 1. The summed E-state index contributed by atoms with van der Waals surface area (Å²) in [5, 5.41) is 2.94. The molecule has 48 valence electrons. The molecule has 0 aromatic heterocycles. The van der Waals surface area contributed by atoms with Gasteiger partial charge in [0.15, 0.2) is 0 Å². The van der Waals surface area contributed by atoms with Crippen LogP contribution in [-0.2, 0) is 4.94 Å². The van der Waals surface area contributed by atoms with E-state index in [0.717, 1.165) is 6.42 Å². The van der Waals surface area contributed by atoms with Crippen molar-refractivity contribution in [1.29, 1.82) is 0 Å². The van der Waals surface area contributed by atoms with Crippen LogP contribution >= 0.6 is 0 Å². The molecule has 1 aliphatic rings. The molecule has 0 aliphatic carbocycles. The predicted octanol–water partition coefficient (Wildman–Crippen LogP) is 0.639. The lowest BCUT2D eigenvalue weighted by Gasteiger charge is -2.37. The minimum absolute atomic E-state index is 0.472. The van der Waals surface area contributed by atoms with Gasteiger partial charge in [0.2, 0.25) is 0 Å². The van der Waals surface area contributed by atoms with Gasteiger partial charge in [-0.15, -0.1) is 0 Å². The van der Waals surface area contributed by atoms with Crippen molar-refractivity contribution >= 4 is 0 Å². The summed E-state index contributed by atoms with van der Waals surface area (Å²) >= 11 is 0. The summed E-state index contributed by atoms with van der Waals surface area (Å²) in [4.78, 5) is 3.76. The van der Waals surface area contributed by atoms with Crippen LogP contribution in [0, 0.1) is 0 Å². The molecule has 1 heterocycles. The Bertz CT molecular complexity index is 69.0. The molecule has 0 aromatic rings. The fraction of sp³-hybridized carbons (Fsp3) is 1.00. The van der Waals surface area contributed by atoms with Crippen LogP contribution < -0.4 is 5.32 Å². The smallest absolute Gasteiger partial charge is 0.133 e. The van der Waals surface area contributed by atoms with E-state index in [2.05, 4.69) is 10.3 Å². The Kier molecular flexibility index (Phi) is 1.49. The maximum Gasteiger partial charge on any atom is 0.133 e. The zero-order chi connectivity index (χ0) is 6.04. The third-order valence-corrected chi connectivity index (χ3v) is 1.70. The lowest BCUT2D eigenvalue weighted by molar-refractivity contribution is -0.254. The zero-order valence-electron chi connectivity index (χ0n) is 4.91. The van der Waals surface area contributed by atoms with E-state index in [1.165, 1.54) is 0 Å². The van der Waals surface area contributed by atoms with Gasteiger partial charge in [0.05, 0.1) is 0 Å². The van der Waals surface area contributed by atoms with Crippen LogP contribution in [0.2, 0.25) is 0 Å². The lowest BCUT2D eigenvalue weighted by atomic mass is 9.94. The molecule has 0 spiro atoms. The van der Waals surface area contributed by atoms with Crippen LogP contribution in [0.15, 0.2) is 0 Å². The molecule has 0 aromatic carbocycles. The highest BCUT2D eigenvalue weighted by Crippen LogP contribution is 2.20. The summed E-state index contributed by atoms with van der Waals surface area (Å²) in [5.41, 5.74) is -0.472. The number of rotatable bonds is 2. The fourth-order valence-corrected chi connectivity index (χ4v) is 0.763. The highest BCUT2D eigenvalue weighted by atomic mass is 19.3. The van der Waals surface area contributed by atoms with Crippen LogP contribution in [0.5, 0.6) is 0 Å². The van der Waals surface area contributed by atoms with Gasteiger partial charge in [0, 0.05) is 13.1 Å². The van der Waals surface area contributed by atoms with Crippen LogP contribution in [0.4, 0.5) is 4.53 Å². The van der Waals surface area contributed by atoms with Crippen LogP contribution in [0.25, 0.3) is 0 Å². The molecule has 0 amide bonds. The number of hydrogen-bond acceptors (Lipinski definition) is 2. The highest BCUT2D eigenvalue weighted by Gasteiger charge is 2.37. The first-order valence-corrected chi connectivity index (χ1v) is 2.83. The van der Waals surface area contributed by atoms with Gasteiger partial charge in [-0.2, -0.15) is 4.94 Å². The van der Waals surface area contributed by atoms with Gasteiger partial charge in [-0.25, -0.2) is 0 Å². The van der Waals surface area contributed by atoms with Crippen LogP contribution in [0.3, 0.4) is 0 Å². The minimum Gasteiger partial charge on any atom is -0.311 e. The Morgan fingerprint density at radius 2 is 2.38 bits per heavy atom. The topological polar surface area (TPSA) is 21.3 Å². The Balaban J connectivity index is 2.33. The summed E-state index contributed by atoms with van der Waals surface area (Å²) in [5.74, 6) is 0. The minimum atomic E-state index is -0.472. The largest absolute Gasteiger partial charge is 0.311 e. The number of hydrogen-bond donors (Lipinski definition) is 1. The van der Waals surface area contributed by atoms with E-state index in [0.29, 0.717) is 13.1 Å². The third-order valence-electron chi connectivity index (χ3n) is 1.70. The fourth-order valence-electron chi connectivity index (χ4n) is 0.763. The average Bonchev–Trinajstić information content (AvgIpc) is 1.67. The molecule has 1 rings (SSSR count). The normalized spacial score (nSPS) is 24.8. The summed E-state index contributed by atoms with van der Waals surface area (Å²) in [6.07, 6.45) is 0.747. The van der Waals surface area contributed by atoms with Crippen molar-refractivity contribution in [2.45, 2.75) is 18.9 Å². The van der Waals surface area contributed by atoms with E-state index in [-0.39, 0.29) is 0 Å². The van der Waals surface area contributed by atoms with Crippen LogP contribution in [-0.4, -0.2) is 18.7 Å². The predicted molar refractivity (Wildman–Crippen MR) is 28.1 cm³/mol. The number of halogens is 1. The molecule has 8 heavy (non-hydrogen) atoms. The molecule has 1 fully saturated rings. The second-order valence-corrected chi connectivity index (χ2v) is 2.22. The van der Waals surface area contributed by atoms with Crippen molar-refractivity contribution in [2.75, 3.05) is 13.1 Å². The van der Waals surface area contributed by atoms with Gasteiger partial charge < -0.3 is 5.32 Å². The lowest BCUT2D eigenvalue weighted by Crippen LogP contribution is -2.59. The Hall–Kier alpha value is -0.150. The monoisotopic (exact) mass is 119 g/mol. The molecule has 0 atom stereocenters. The SMILES string of the molecule is CCC1(OF)CNC1. The molecule has 2 nitrogen and oxygen atoms in total. The van der Waals surface area contributed by atoms with E-state index in [9.17, 15) is 4.53 Å². The second kappa shape index (κ2) is 1.99. The highest BCUT2D eigenvalue weighted by molar-refractivity contribution is 4.92. The molecule has 1 saturated heterocycles. The average molecular weight is 119 g/mol. The maximum atomic E-state index is 11.6. The summed E-state index contributed by atoms with van der Waals surface area (Å²) < 4.78 is 11.6. The van der Waals surface area contributed by atoms with Gasteiger partial charge in [0.1, 0.15) is 5.60 Å². The van der Waals surface area contributed by atoms with E-state index in [1.54, 1.807) is 0 Å². The summed E-state index contributed by atoms with van der Waals surface area (Å²) in [7, 11) is 0. The molecule has 1 N–H and O–H groups in total. The summed E-state index contributed by atoms with van der Waals surface area (Å²) in [6.45, 7) is 3.22.